The number of methoxy groups -OCH3 is 2. The highest BCUT2D eigenvalue weighted by Crippen LogP contribution is 2.39. The first kappa shape index (κ1) is 21.7. The van der Waals surface area contributed by atoms with Gasteiger partial charge in [0, 0.05) is 10.9 Å². The quantitative estimate of drug-likeness (QED) is 0.624. The zero-order valence-corrected chi connectivity index (χ0v) is 17.6. The highest BCUT2D eigenvalue weighted by Gasteiger charge is 2.24. The Hall–Kier alpha value is -2.58. The molecule has 0 aliphatic heterocycles. The molecule has 0 aliphatic carbocycles. The van der Waals surface area contributed by atoms with Gasteiger partial charge in [-0.2, -0.15) is 0 Å². The molecule has 8 heteroatoms. The summed E-state index contributed by atoms with van der Waals surface area (Å²) >= 11 is 1.29. The van der Waals surface area contributed by atoms with E-state index in [0.717, 1.165) is 5.56 Å². The van der Waals surface area contributed by atoms with Gasteiger partial charge in [-0.3, -0.25) is 4.79 Å². The summed E-state index contributed by atoms with van der Waals surface area (Å²) in [5, 5.41) is 7.06. The zero-order valence-electron chi connectivity index (χ0n) is 16.8. The molecule has 0 saturated heterocycles. The number of benzene rings is 1. The molecule has 1 heterocycles. The molecule has 152 valence electrons. The molecule has 7 nitrogen and oxygen atoms in total. The van der Waals surface area contributed by atoms with Gasteiger partial charge in [0.05, 0.1) is 26.9 Å². The van der Waals surface area contributed by atoms with Gasteiger partial charge in [-0.25, -0.2) is 4.79 Å². The number of esters is 1. The third kappa shape index (κ3) is 5.24. The molecule has 3 N–H and O–H groups in total. The van der Waals surface area contributed by atoms with Crippen molar-refractivity contribution in [3.63, 3.8) is 0 Å². The van der Waals surface area contributed by atoms with Gasteiger partial charge in [0.25, 0.3) is 5.91 Å². The van der Waals surface area contributed by atoms with Gasteiger partial charge in [-0.15, -0.1) is 11.3 Å². The van der Waals surface area contributed by atoms with E-state index in [0.29, 0.717) is 33.7 Å². The fourth-order valence-corrected chi connectivity index (χ4v) is 3.57. The van der Waals surface area contributed by atoms with Crippen molar-refractivity contribution in [2.24, 2.45) is 0 Å². The summed E-state index contributed by atoms with van der Waals surface area (Å²) in [5.41, 5.74) is 1.79. The Bertz CT molecular complexity index is 832. The third-order valence-corrected chi connectivity index (χ3v) is 4.89. The largest absolute Gasteiger partial charge is 0.493 e. The highest BCUT2D eigenvalue weighted by atomic mass is 32.1. The first-order valence-corrected chi connectivity index (χ1v) is 9.93. The highest BCUT2D eigenvalue weighted by molar-refractivity contribution is 7.15. The van der Waals surface area contributed by atoms with Crippen LogP contribution in [0.5, 0.6) is 11.5 Å². The summed E-state index contributed by atoms with van der Waals surface area (Å²) in [5.74, 6) is 0.506. The monoisotopic (exact) mass is 407 g/mol. The van der Waals surface area contributed by atoms with Gasteiger partial charge >= 0.3 is 5.97 Å². The van der Waals surface area contributed by atoms with Crippen molar-refractivity contribution in [3.05, 3.63) is 29.1 Å². The van der Waals surface area contributed by atoms with E-state index in [1.807, 2.05) is 30.6 Å². The Labute approximate surface area is 169 Å². The summed E-state index contributed by atoms with van der Waals surface area (Å²) in [6, 6.07) is 5.71. The smallest absolute Gasteiger partial charge is 0.341 e. The molecule has 1 aromatic heterocycles. The van der Waals surface area contributed by atoms with Crippen molar-refractivity contribution < 1.29 is 29.1 Å². The predicted molar refractivity (Wildman–Crippen MR) is 109 cm³/mol. The van der Waals surface area contributed by atoms with E-state index in [1.165, 1.54) is 11.3 Å². The summed E-state index contributed by atoms with van der Waals surface area (Å²) in [7, 11) is 3.12. The molecule has 0 unspecified atom stereocenters. The zero-order chi connectivity index (χ0) is 20.7. The predicted octanol–water partition coefficient (Wildman–Crippen LogP) is 2.52. The van der Waals surface area contributed by atoms with E-state index in [2.05, 4.69) is 5.32 Å². The fourth-order valence-electron chi connectivity index (χ4n) is 2.59. The number of rotatable bonds is 9. The molecule has 0 atom stereocenters. The van der Waals surface area contributed by atoms with E-state index in [9.17, 15) is 9.59 Å². The molecule has 28 heavy (non-hydrogen) atoms. The Balaban J connectivity index is 2.41. The van der Waals surface area contributed by atoms with Gasteiger partial charge in [0.1, 0.15) is 10.6 Å². The molecular weight excluding hydrogens is 380 g/mol. The summed E-state index contributed by atoms with van der Waals surface area (Å²) in [6.45, 7) is 6.30. The lowest BCUT2D eigenvalue weighted by molar-refractivity contribution is -0.672. The number of thiophene rings is 1. The average molecular weight is 408 g/mol. The maximum Gasteiger partial charge on any atom is 0.341 e. The number of carbonyl (C=O) groups is 2. The lowest BCUT2D eigenvalue weighted by Crippen LogP contribution is -2.90. The van der Waals surface area contributed by atoms with E-state index in [1.54, 1.807) is 33.3 Å². The number of amides is 1. The molecule has 0 radical (unpaired) electrons. The standard InChI is InChI=1S/C20H26N2O5S/c1-6-27-20(24)18-14(13-7-8-15(25-4)16(9-13)26-5)11-28-19(18)22-17(23)10-21-12(2)3/h7-9,11-12,21H,6,10H2,1-5H3,(H,22,23)/p+1. The molecule has 2 rings (SSSR count). The number of hydrogen-bond donors (Lipinski definition) is 2. The molecule has 1 aromatic carbocycles. The number of hydrogen-bond acceptors (Lipinski definition) is 6. The Morgan fingerprint density at radius 3 is 2.50 bits per heavy atom. The van der Waals surface area contributed by atoms with Gasteiger partial charge in [-0.05, 0) is 38.5 Å². The molecular formula is C20H27N2O5S+. The molecule has 1 amide bonds. The van der Waals surface area contributed by atoms with E-state index >= 15 is 0 Å². The number of ether oxygens (including phenoxy) is 3. The van der Waals surface area contributed by atoms with Crippen LogP contribution in [0.3, 0.4) is 0 Å². The van der Waals surface area contributed by atoms with E-state index < -0.39 is 5.97 Å². The Morgan fingerprint density at radius 2 is 1.89 bits per heavy atom. The molecule has 0 saturated carbocycles. The minimum absolute atomic E-state index is 0.167. The van der Waals surface area contributed by atoms with Crippen LogP contribution in [-0.2, 0) is 9.53 Å². The van der Waals surface area contributed by atoms with Crippen molar-refractivity contribution in [3.8, 4) is 22.6 Å². The van der Waals surface area contributed by atoms with Crippen molar-refractivity contribution >= 4 is 28.2 Å². The second-order valence-corrected chi connectivity index (χ2v) is 7.26. The van der Waals surface area contributed by atoms with Crippen molar-refractivity contribution in [2.75, 3.05) is 32.7 Å². The minimum atomic E-state index is -0.475. The maximum atomic E-state index is 12.6. The average Bonchev–Trinajstić information content (AvgIpc) is 3.09. The van der Waals surface area contributed by atoms with Gasteiger partial charge < -0.3 is 24.8 Å². The topological polar surface area (TPSA) is 90.5 Å². The first-order valence-electron chi connectivity index (χ1n) is 9.05. The van der Waals surface area contributed by atoms with Crippen LogP contribution in [0.4, 0.5) is 5.00 Å². The Kier molecular flexibility index (Phi) is 7.83. The second-order valence-electron chi connectivity index (χ2n) is 6.38. The maximum absolute atomic E-state index is 12.6. The van der Waals surface area contributed by atoms with Gasteiger partial charge in [-0.1, -0.05) is 6.07 Å². The number of nitrogens with one attached hydrogen (secondary N) is 1. The third-order valence-electron chi connectivity index (χ3n) is 3.99. The summed E-state index contributed by atoms with van der Waals surface area (Å²) < 4.78 is 15.9. The fraction of sp³-hybridized carbons (Fsp3) is 0.400. The number of anilines is 1. The van der Waals surface area contributed by atoms with Crippen LogP contribution in [0, 0.1) is 0 Å². The van der Waals surface area contributed by atoms with Gasteiger partial charge in [0.2, 0.25) is 0 Å². The number of nitrogens with two attached hydrogens (primary N) is 1. The van der Waals surface area contributed by atoms with Crippen LogP contribution < -0.4 is 20.1 Å². The summed E-state index contributed by atoms with van der Waals surface area (Å²) in [4.78, 5) is 24.9. The van der Waals surface area contributed by atoms with Crippen molar-refractivity contribution in [2.45, 2.75) is 26.8 Å². The van der Waals surface area contributed by atoms with Crippen LogP contribution >= 0.6 is 11.3 Å². The lowest BCUT2D eigenvalue weighted by Gasteiger charge is -2.11. The van der Waals surface area contributed by atoms with Crippen LogP contribution in [-0.4, -0.2) is 45.3 Å². The van der Waals surface area contributed by atoms with Crippen LogP contribution in [0.15, 0.2) is 23.6 Å². The van der Waals surface area contributed by atoms with Gasteiger partial charge in [0.15, 0.2) is 18.0 Å². The molecule has 0 aliphatic rings. The van der Waals surface area contributed by atoms with Crippen LogP contribution in [0.25, 0.3) is 11.1 Å². The number of quaternary nitrogens is 1. The number of carbonyl (C=O) groups excluding carboxylic acids is 2. The molecule has 0 bridgehead atoms. The van der Waals surface area contributed by atoms with Crippen molar-refractivity contribution in [1.82, 2.24) is 0 Å². The summed E-state index contributed by atoms with van der Waals surface area (Å²) in [6.07, 6.45) is 0. The molecule has 2 aromatic rings. The molecule has 0 fully saturated rings. The minimum Gasteiger partial charge on any atom is -0.493 e. The first-order chi connectivity index (χ1) is 13.4. The second kappa shape index (κ2) is 10.1. The van der Waals surface area contributed by atoms with E-state index in [4.69, 9.17) is 14.2 Å². The SMILES string of the molecule is CCOC(=O)c1c(-c2ccc(OC)c(OC)c2)csc1NC(=O)C[NH2+]C(C)C. The van der Waals surface area contributed by atoms with E-state index in [-0.39, 0.29) is 19.1 Å². The normalized spacial score (nSPS) is 10.6. The molecule has 0 spiro atoms. The Morgan fingerprint density at radius 1 is 1.18 bits per heavy atom. The van der Waals surface area contributed by atoms with Crippen LogP contribution in [0.2, 0.25) is 0 Å². The van der Waals surface area contributed by atoms with Crippen LogP contribution in [0.1, 0.15) is 31.1 Å². The lowest BCUT2D eigenvalue weighted by atomic mass is 10.0. The van der Waals surface area contributed by atoms with Crippen molar-refractivity contribution in [1.29, 1.82) is 0 Å².